The first-order valence-electron chi connectivity index (χ1n) is 5.28. The van der Waals surface area contributed by atoms with Gasteiger partial charge in [-0.2, -0.15) is 0 Å². The zero-order valence-corrected chi connectivity index (χ0v) is 11.0. The summed E-state index contributed by atoms with van der Waals surface area (Å²) in [5, 5.41) is 0. The van der Waals surface area contributed by atoms with Crippen LogP contribution in [0.15, 0.2) is 24.3 Å². The van der Waals surface area contributed by atoms with E-state index in [0.717, 1.165) is 12.0 Å². The van der Waals surface area contributed by atoms with E-state index in [2.05, 4.69) is 29.8 Å². The Balaban J connectivity index is 2.76. The van der Waals surface area contributed by atoms with E-state index in [4.69, 9.17) is 0 Å². The molecular weight excluding hydrogens is 252 g/mol. The maximum Gasteiger partial charge on any atom is 0.176 e. The lowest BCUT2D eigenvalue weighted by Gasteiger charge is -2.06. The van der Waals surface area contributed by atoms with Crippen molar-refractivity contribution >= 4 is 21.7 Å². The smallest absolute Gasteiger partial charge is 0.176 e. The molecule has 0 radical (unpaired) electrons. The minimum atomic E-state index is -0.103. The summed E-state index contributed by atoms with van der Waals surface area (Å²) >= 11 is 3.29. The summed E-state index contributed by atoms with van der Waals surface area (Å²) in [6.45, 7) is 6.24. The number of carbonyl (C=O) groups is 1. The fraction of sp³-hybridized carbons (Fsp3) is 0.462. The summed E-state index contributed by atoms with van der Waals surface area (Å²) in [4.78, 5) is 11.5. The Morgan fingerprint density at radius 2 is 1.73 bits per heavy atom. The van der Waals surface area contributed by atoms with Gasteiger partial charge < -0.3 is 0 Å². The zero-order valence-electron chi connectivity index (χ0n) is 9.46. The molecule has 0 bridgehead atoms. The van der Waals surface area contributed by atoms with Gasteiger partial charge in [-0.05, 0) is 24.8 Å². The molecule has 0 aliphatic rings. The number of ketones is 1. The average molecular weight is 269 g/mol. The minimum absolute atomic E-state index is 0.103. The van der Waals surface area contributed by atoms with Gasteiger partial charge in [-0.15, -0.1) is 0 Å². The Kier molecular flexibility index (Phi) is 4.52. The van der Waals surface area contributed by atoms with Crippen LogP contribution in [0.25, 0.3) is 0 Å². The second-order valence-corrected chi connectivity index (χ2v) is 5.65. The summed E-state index contributed by atoms with van der Waals surface area (Å²) < 4.78 is 0. The Hall–Kier alpha value is -0.630. The molecule has 1 rings (SSSR count). The Labute approximate surface area is 100 Å². The monoisotopic (exact) mass is 268 g/mol. The van der Waals surface area contributed by atoms with Crippen LogP contribution in [0.1, 0.15) is 36.7 Å². The van der Waals surface area contributed by atoms with Crippen molar-refractivity contribution in [2.45, 2.75) is 32.0 Å². The summed E-state index contributed by atoms with van der Waals surface area (Å²) in [5.74, 6) is 0.799. The second-order valence-electron chi connectivity index (χ2n) is 4.28. The molecule has 1 aromatic carbocycles. The van der Waals surface area contributed by atoms with Crippen LogP contribution in [0.4, 0.5) is 0 Å². The Morgan fingerprint density at radius 1 is 1.20 bits per heavy atom. The highest BCUT2D eigenvalue weighted by molar-refractivity contribution is 9.10. The highest BCUT2D eigenvalue weighted by Gasteiger charge is 2.11. The van der Waals surface area contributed by atoms with Crippen LogP contribution in [0.5, 0.6) is 0 Å². The summed E-state index contributed by atoms with van der Waals surface area (Å²) in [5.41, 5.74) is 2.08. The predicted octanol–water partition coefficient (Wildman–Crippen LogP) is 3.85. The van der Waals surface area contributed by atoms with Crippen molar-refractivity contribution in [1.82, 2.24) is 0 Å². The molecule has 0 saturated carbocycles. The second kappa shape index (κ2) is 5.45. The number of carbonyl (C=O) groups excluding carboxylic acids is 1. The standard InChI is InChI=1S/C13H17BrO/c1-9(2)8-11-4-6-12(7-5-11)13(15)10(3)14/h4-7,9-10H,8H2,1-3H3. The van der Waals surface area contributed by atoms with Crippen LogP contribution in [0.2, 0.25) is 0 Å². The third kappa shape index (κ3) is 3.78. The van der Waals surface area contributed by atoms with E-state index in [1.165, 1.54) is 5.56 Å². The van der Waals surface area contributed by atoms with Crippen molar-refractivity contribution in [3.63, 3.8) is 0 Å². The normalized spacial score (nSPS) is 12.9. The van der Waals surface area contributed by atoms with Crippen LogP contribution in [0, 0.1) is 5.92 Å². The van der Waals surface area contributed by atoms with E-state index in [1.807, 2.05) is 31.2 Å². The van der Waals surface area contributed by atoms with Crippen LogP contribution in [0.3, 0.4) is 0 Å². The summed E-state index contributed by atoms with van der Waals surface area (Å²) in [7, 11) is 0. The fourth-order valence-electron chi connectivity index (χ4n) is 1.51. The molecule has 0 N–H and O–H groups in total. The van der Waals surface area contributed by atoms with Crippen LogP contribution >= 0.6 is 15.9 Å². The topological polar surface area (TPSA) is 17.1 Å². The number of hydrogen-bond acceptors (Lipinski definition) is 1. The van der Waals surface area contributed by atoms with E-state index < -0.39 is 0 Å². The summed E-state index contributed by atoms with van der Waals surface area (Å²) in [6, 6.07) is 7.92. The van der Waals surface area contributed by atoms with Crippen molar-refractivity contribution in [2.24, 2.45) is 5.92 Å². The molecule has 15 heavy (non-hydrogen) atoms. The number of halogens is 1. The molecule has 0 aliphatic heterocycles. The molecule has 1 aromatic rings. The third-order valence-electron chi connectivity index (χ3n) is 2.24. The molecule has 0 spiro atoms. The van der Waals surface area contributed by atoms with Crippen molar-refractivity contribution in [1.29, 1.82) is 0 Å². The van der Waals surface area contributed by atoms with Gasteiger partial charge in [0.25, 0.3) is 0 Å². The first-order chi connectivity index (χ1) is 7.00. The van der Waals surface area contributed by atoms with Gasteiger partial charge in [0.05, 0.1) is 4.83 Å². The van der Waals surface area contributed by atoms with Crippen molar-refractivity contribution < 1.29 is 4.79 Å². The molecule has 0 aliphatic carbocycles. The Bertz CT molecular complexity index is 325. The molecular formula is C13H17BrO. The number of Topliss-reactive ketones (excluding diaryl/α,β-unsaturated/α-hetero) is 1. The highest BCUT2D eigenvalue weighted by Crippen LogP contribution is 2.13. The number of rotatable bonds is 4. The highest BCUT2D eigenvalue weighted by atomic mass is 79.9. The van der Waals surface area contributed by atoms with Crippen LogP contribution < -0.4 is 0 Å². The first kappa shape index (κ1) is 12.4. The lowest BCUT2D eigenvalue weighted by atomic mass is 10.0. The van der Waals surface area contributed by atoms with Gasteiger partial charge in [0, 0.05) is 5.56 Å². The molecule has 82 valence electrons. The van der Waals surface area contributed by atoms with Gasteiger partial charge in [0.1, 0.15) is 0 Å². The molecule has 1 atom stereocenters. The molecule has 1 unspecified atom stereocenters. The van der Waals surface area contributed by atoms with Gasteiger partial charge in [0.2, 0.25) is 0 Å². The van der Waals surface area contributed by atoms with E-state index >= 15 is 0 Å². The van der Waals surface area contributed by atoms with Crippen molar-refractivity contribution in [2.75, 3.05) is 0 Å². The molecule has 0 heterocycles. The van der Waals surface area contributed by atoms with Crippen molar-refractivity contribution in [3.05, 3.63) is 35.4 Å². The minimum Gasteiger partial charge on any atom is -0.293 e. The predicted molar refractivity (Wildman–Crippen MR) is 67.7 cm³/mol. The Morgan fingerprint density at radius 3 is 2.13 bits per heavy atom. The maximum absolute atomic E-state index is 11.6. The van der Waals surface area contributed by atoms with E-state index in [-0.39, 0.29) is 10.6 Å². The zero-order chi connectivity index (χ0) is 11.4. The van der Waals surface area contributed by atoms with E-state index in [1.54, 1.807) is 0 Å². The quantitative estimate of drug-likeness (QED) is 0.599. The number of benzene rings is 1. The van der Waals surface area contributed by atoms with Gasteiger partial charge in [-0.1, -0.05) is 54.0 Å². The molecule has 0 saturated heterocycles. The lowest BCUT2D eigenvalue weighted by Crippen LogP contribution is -2.09. The van der Waals surface area contributed by atoms with Gasteiger partial charge in [-0.3, -0.25) is 4.79 Å². The molecule has 1 nitrogen and oxygen atoms in total. The lowest BCUT2D eigenvalue weighted by molar-refractivity contribution is 0.0996. The number of alkyl halides is 1. The molecule has 2 heteroatoms. The van der Waals surface area contributed by atoms with Crippen molar-refractivity contribution in [3.8, 4) is 0 Å². The van der Waals surface area contributed by atoms with E-state index in [9.17, 15) is 4.79 Å². The largest absolute Gasteiger partial charge is 0.293 e. The van der Waals surface area contributed by atoms with Crippen LogP contribution in [-0.2, 0) is 6.42 Å². The van der Waals surface area contributed by atoms with Gasteiger partial charge >= 0.3 is 0 Å². The summed E-state index contributed by atoms with van der Waals surface area (Å²) in [6.07, 6.45) is 1.07. The third-order valence-corrected chi connectivity index (χ3v) is 2.66. The first-order valence-corrected chi connectivity index (χ1v) is 6.19. The van der Waals surface area contributed by atoms with Gasteiger partial charge in [0.15, 0.2) is 5.78 Å². The molecule has 0 fully saturated rings. The molecule has 0 aromatic heterocycles. The number of hydrogen-bond donors (Lipinski definition) is 0. The maximum atomic E-state index is 11.6. The average Bonchev–Trinajstić information content (AvgIpc) is 2.17. The molecule has 0 amide bonds. The van der Waals surface area contributed by atoms with Gasteiger partial charge in [-0.25, -0.2) is 0 Å². The van der Waals surface area contributed by atoms with Crippen LogP contribution in [-0.4, -0.2) is 10.6 Å². The SMILES string of the molecule is CC(C)Cc1ccc(C(=O)C(C)Br)cc1. The fourth-order valence-corrected chi connectivity index (χ4v) is 1.77. The van der Waals surface area contributed by atoms with E-state index in [0.29, 0.717) is 5.92 Å².